The van der Waals surface area contributed by atoms with Crippen LogP contribution < -0.4 is 0 Å². The minimum Gasteiger partial charge on any atom is -0.392 e. The van der Waals surface area contributed by atoms with Gasteiger partial charge >= 0.3 is 0 Å². The molecule has 0 aromatic heterocycles. The summed E-state index contributed by atoms with van der Waals surface area (Å²) in [5.74, 6) is 0. The molecule has 0 aliphatic heterocycles. The van der Waals surface area contributed by atoms with Crippen LogP contribution in [0.5, 0.6) is 0 Å². The Morgan fingerprint density at radius 1 is 1.31 bits per heavy atom. The summed E-state index contributed by atoms with van der Waals surface area (Å²) in [5, 5.41) is 18.0. The second-order valence-corrected chi connectivity index (χ2v) is 3.01. The van der Waals surface area contributed by atoms with E-state index in [4.69, 9.17) is 21.8 Å². The topological polar surface area (TPSA) is 40.5 Å². The fourth-order valence-corrected chi connectivity index (χ4v) is 1.18. The Morgan fingerprint density at radius 3 is 2.69 bits per heavy atom. The second-order valence-electron chi connectivity index (χ2n) is 2.60. The first-order valence-electron chi connectivity index (χ1n) is 3.94. The van der Waals surface area contributed by atoms with Crippen molar-refractivity contribution < 1.29 is 10.2 Å². The van der Waals surface area contributed by atoms with Gasteiger partial charge in [-0.15, -0.1) is 0 Å². The minimum atomic E-state index is -0.0142. The fourth-order valence-electron chi connectivity index (χ4n) is 0.999. The average Bonchev–Trinajstić information content (AvgIpc) is 2.17. The summed E-state index contributed by atoms with van der Waals surface area (Å²) in [6.07, 6.45) is 3.32. The third kappa shape index (κ3) is 2.84. The van der Waals surface area contributed by atoms with Crippen molar-refractivity contribution >= 4 is 17.7 Å². The molecule has 70 valence electrons. The Bertz CT molecular complexity index is 308. The van der Waals surface area contributed by atoms with E-state index in [0.717, 1.165) is 11.1 Å². The van der Waals surface area contributed by atoms with Gasteiger partial charge in [-0.3, -0.25) is 0 Å². The molecule has 0 radical (unpaired) electrons. The Kier molecular flexibility index (Phi) is 3.96. The highest BCUT2D eigenvalue weighted by atomic mass is 35.5. The summed E-state index contributed by atoms with van der Waals surface area (Å²) in [6, 6.07) is 5.28. The van der Waals surface area contributed by atoms with E-state index in [1.54, 1.807) is 30.4 Å². The second kappa shape index (κ2) is 5.02. The van der Waals surface area contributed by atoms with Crippen LogP contribution in [0.25, 0.3) is 6.08 Å². The third-order valence-corrected chi connectivity index (χ3v) is 1.99. The molecule has 0 amide bonds. The number of aliphatic hydroxyl groups excluding tert-OH is 2. The van der Waals surface area contributed by atoms with E-state index in [9.17, 15) is 0 Å². The highest BCUT2D eigenvalue weighted by molar-refractivity contribution is 6.32. The zero-order valence-corrected chi connectivity index (χ0v) is 7.83. The standard InChI is InChI=1S/C10H11ClO2/c11-10-4-3-8(7-13)6-9(10)2-1-5-12/h1-4,6,12-13H,5,7H2. The lowest BCUT2D eigenvalue weighted by Crippen LogP contribution is -1.85. The van der Waals surface area contributed by atoms with Gasteiger partial charge in [-0.1, -0.05) is 29.8 Å². The highest BCUT2D eigenvalue weighted by Gasteiger charge is 1.97. The maximum absolute atomic E-state index is 8.86. The van der Waals surface area contributed by atoms with Crippen molar-refractivity contribution in [1.82, 2.24) is 0 Å². The lowest BCUT2D eigenvalue weighted by atomic mass is 10.1. The maximum Gasteiger partial charge on any atom is 0.0682 e. The molecule has 0 unspecified atom stereocenters. The first kappa shape index (κ1) is 10.3. The number of rotatable bonds is 3. The van der Waals surface area contributed by atoms with Gasteiger partial charge in [-0.2, -0.15) is 0 Å². The minimum absolute atomic E-state index is 0.00284. The van der Waals surface area contributed by atoms with Crippen molar-refractivity contribution in [3.63, 3.8) is 0 Å². The Morgan fingerprint density at radius 2 is 2.08 bits per heavy atom. The molecule has 0 spiro atoms. The van der Waals surface area contributed by atoms with Gasteiger partial charge < -0.3 is 10.2 Å². The first-order chi connectivity index (χ1) is 6.27. The van der Waals surface area contributed by atoms with Crippen LogP contribution in [0.15, 0.2) is 24.3 Å². The summed E-state index contributed by atoms with van der Waals surface area (Å²) in [4.78, 5) is 0. The van der Waals surface area contributed by atoms with Crippen LogP contribution in [0.4, 0.5) is 0 Å². The molecule has 1 aromatic carbocycles. The molecule has 0 bridgehead atoms. The molecule has 0 aliphatic rings. The monoisotopic (exact) mass is 198 g/mol. The van der Waals surface area contributed by atoms with E-state index < -0.39 is 0 Å². The smallest absolute Gasteiger partial charge is 0.0682 e. The molecule has 13 heavy (non-hydrogen) atoms. The Hall–Kier alpha value is -0.830. The number of benzene rings is 1. The van der Waals surface area contributed by atoms with Gasteiger partial charge in [0.2, 0.25) is 0 Å². The zero-order valence-electron chi connectivity index (χ0n) is 7.07. The van der Waals surface area contributed by atoms with Crippen LogP contribution in [0, 0.1) is 0 Å². The largest absolute Gasteiger partial charge is 0.392 e. The maximum atomic E-state index is 8.86. The van der Waals surface area contributed by atoms with Gasteiger partial charge in [0.1, 0.15) is 0 Å². The molecule has 1 rings (SSSR count). The molecule has 2 N–H and O–H groups in total. The van der Waals surface area contributed by atoms with Crippen molar-refractivity contribution in [1.29, 1.82) is 0 Å². The van der Waals surface area contributed by atoms with Crippen molar-refractivity contribution in [2.45, 2.75) is 6.61 Å². The average molecular weight is 199 g/mol. The normalized spacial score (nSPS) is 11.0. The third-order valence-electron chi connectivity index (χ3n) is 1.65. The number of halogens is 1. The molecule has 0 saturated heterocycles. The van der Waals surface area contributed by atoms with Gasteiger partial charge in [0, 0.05) is 5.02 Å². The van der Waals surface area contributed by atoms with E-state index in [1.165, 1.54) is 0 Å². The van der Waals surface area contributed by atoms with Crippen molar-refractivity contribution in [2.24, 2.45) is 0 Å². The molecule has 0 atom stereocenters. The summed E-state index contributed by atoms with van der Waals surface area (Å²) in [5.41, 5.74) is 1.62. The van der Waals surface area contributed by atoms with Crippen LogP contribution in [-0.4, -0.2) is 16.8 Å². The fraction of sp³-hybridized carbons (Fsp3) is 0.200. The van der Waals surface area contributed by atoms with Crippen molar-refractivity contribution in [2.75, 3.05) is 6.61 Å². The molecule has 3 heteroatoms. The summed E-state index contributed by atoms with van der Waals surface area (Å²) < 4.78 is 0. The van der Waals surface area contributed by atoms with Crippen LogP contribution in [0.1, 0.15) is 11.1 Å². The van der Waals surface area contributed by atoms with Gasteiger partial charge in [-0.05, 0) is 23.3 Å². The van der Waals surface area contributed by atoms with Crippen LogP contribution >= 0.6 is 11.6 Å². The van der Waals surface area contributed by atoms with Gasteiger partial charge in [0.15, 0.2) is 0 Å². The molecule has 0 saturated carbocycles. The highest BCUT2D eigenvalue weighted by Crippen LogP contribution is 2.18. The Labute approximate surface area is 82.1 Å². The lowest BCUT2D eigenvalue weighted by Gasteiger charge is -2.00. The van der Waals surface area contributed by atoms with Crippen molar-refractivity contribution in [3.05, 3.63) is 40.4 Å². The van der Waals surface area contributed by atoms with E-state index in [-0.39, 0.29) is 13.2 Å². The van der Waals surface area contributed by atoms with E-state index in [1.807, 2.05) is 0 Å². The molecule has 0 heterocycles. The van der Waals surface area contributed by atoms with Gasteiger partial charge in [0.05, 0.1) is 13.2 Å². The van der Waals surface area contributed by atoms with Gasteiger partial charge in [-0.25, -0.2) is 0 Å². The molecule has 2 nitrogen and oxygen atoms in total. The SMILES string of the molecule is OCC=Cc1cc(CO)ccc1Cl. The van der Waals surface area contributed by atoms with E-state index >= 15 is 0 Å². The quantitative estimate of drug-likeness (QED) is 0.778. The molecular weight excluding hydrogens is 188 g/mol. The number of hydrogen-bond donors (Lipinski definition) is 2. The Balaban J connectivity index is 2.97. The van der Waals surface area contributed by atoms with Crippen LogP contribution in [0.2, 0.25) is 5.02 Å². The predicted molar refractivity (Wildman–Crippen MR) is 53.5 cm³/mol. The predicted octanol–water partition coefficient (Wildman–Crippen LogP) is 1.84. The van der Waals surface area contributed by atoms with Crippen LogP contribution in [-0.2, 0) is 6.61 Å². The van der Waals surface area contributed by atoms with E-state index in [0.29, 0.717) is 5.02 Å². The van der Waals surface area contributed by atoms with Gasteiger partial charge in [0.25, 0.3) is 0 Å². The van der Waals surface area contributed by atoms with E-state index in [2.05, 4.69) is 0 Å². The zero-order chi connectivity index (χ0) is 9.68. The molecule has 0 aliphatic carbocycles. The lowest BCUT2D eigenvalue weighted by molar-refractivity contribution is 0.282. The molecule has 0 fully saturated rings. The summed E-state index contributed by atoms with van der Waals surface area (Å²) >= 11 is 5.87. The first-order valence-corrected chi connectivity index (χ1v) is 4.32. The molecule has 1 aromatic rings. The number of aliphatic hydroxyl groups is 2. The van der Waals surface area contributed by atoms with Crippen molar-refractivity contribution in [3.8, 4) is 0 Å². The summed E-state index contributed by atoms with van der Waals surface area (Å²) in [6.45, 7) is -0.0170. The van der Waals surface area contributed by atoms with Crippen LogP contribution in [0.3, 0.4) is 0 Å². The number of hydrogen-bond acceptors (Lipinski definition) is 2. The summed E-state index contributed by atoms with van der Waals surface area (Å²) in [7, 11) is 0. The molecular formula is C10H11ClO2.